The van der Waals surface area contributed by atoms with Gasteiger partial charge >= 0.3 is 5.97 Å². The minimum atomic E-state index is -0.915. The molecular formula is C15H12F2O2. The van der Waals surface area contributed by atoms with Gasteiger partial charge in [-0.1, -0.05) is 6.07 Å². The molecule has 0 saturated carbocycles. The number of hydrogen-bond acceptors (Lipinski definition) is 2. The van der Waals surface area contributed by atoms with Crippen LogP contribution < -0.4 is 4.74 Å². The summed E-state index contributed by atoms with van der Waals surface area (Å²) >= 11 is 0. The summed E-state index contributed by atoms with van der Waals surface area (Å²) in [5.74, 6) is -2.10. The van der Waals surface area contributed by atoms with Crippen molar-refractivity contribution in [1.29, 1.82) is 0 Å². The second-order valence-electron chi connectivity index (χ2n) is 4.34. The zero-order valence-corrected chi connectivity index (χ0v) is 10.5. The Morgan fingerprint density at radius 2 is 1.63 bits per heavy atom. The van der Waals surface area contributed by atoms with E-state index >= 15 is 0 Å². The molecule has 2 rings (SSSR count). The summed E-state index contributed by atoms with van der Waals surface area (Å²) in [6.07, 6.45) is 0. The summed E-state index contributed by atoms with van der Waals surface area (Å²) in [4.78, 5) is 11.8. The average Bonchev–Trinajstić information content (AvgIpc) is 2.30. The Morgan fingerprint density at radius 1 is 1.00 bits per heavy atom. The minimum absolute atomic E-state index is 0.311. The van der Waals surface area contributed by atoms with E-state index in [1.807, 2.05) is 19.9 Å². The topological polar surface area (TPSA) is 26.3 Å². The first-order valence-corrected chi connectivity index (χ1v) is 5.71. The fourth-order valence-corrected chi connectivity index (χ4v) is 1.81. The number of ether oxygens (including phenoxy) is 1. The van der Waals surface area contributed by atoms with Crippen molar-refractivity contribution >= 4 is 5.97 Å². The monoisotopic (exact) mass is 262 g/mol. The fourth-order valence-electron chi connectivity index (χ4n) is 1.81. The van der Waals surface area contributed by atoms with Gasteiger partial charge in [0.25, 0.3) is 0 Å². The lowest BCUT2D eigenvalue weighted by atomic mass is 10.1. The molecule has 98 valence electrons. The van der Waals surface area contributed by atoms with E-state index in [1.165, 1.54) is 0 Å². The van der Waals surface area contributed by atoms with E-state index < -0.39 is 23.2 Å². The van der Waals surface area contributed by atoms with Gasteiger partial charge in [-0.25, -0.2) is 13.6 Å². The molecule has 0 aromatic heterocycles. The largest absolute Gasteiger partial charge is 0.423 e. The van der Waals surface area contributed by atoms with E-state index in [2.05, 4.69) is 0 Å². The van der Waals surface area contributed by atoms with Crippen LogP contribution in [0.5, 0.6) is 5.75 Å². The Labute approximate surface area is 109 Å². The maximum atomic E-state index is 13.4. The Morgan fingerprint density at radius 3 is 2.26 bits per heavy atom. The molecule has 0 radical (unpaired) electrons. The van der Waals surface area contributed by atoms with Crippen molar-refractivity contribution in [3.63, 3.8) is 0 Å². The molecule has 0 fully saturated rings. The van der Waals surface area contributed by atoms with Crippen LogP contribution in [0.3, 0.4) is 0 Å². The summed E-state index contributed by atoms with van der Waals surface area (Å²) in [6, 6.07) is 7.89. The summed E-state index contributed by atoms with van der Waals surface area (Å²) in [7, 11) is 0. The van der Waals surface area contributed by atoms with Crippen LogP contribution in [0, 0.1) is 25.5 Å². The summed E-state index contributed by atoms with van der Waals surface area (Å²) in [5, 5.41) is 0. The van der Waals surface area contributed by atoms with Gasteiger partial charge in [-0.05, 0) is 55.3 Å². The first kappa shape index (κ1) is 13.2. The van der Waals surface area contributed by atoms with Gasteiger partial charge in [-0.15, -0.1) is 0 Å². The van der Waals surface area contributed by atoms with E-state index in [9.17, 15) is 13.6 Å². The van der Waals surface area contributed by atoms with E-state index in [-0.39, 0.29) is 0 Å². The van der Waals surface area contributed by atoms with Gasteiger partial charge in [0.15, 0.2) is 0 Å². The number of aryl methyl sites for hydroxylation is 2. The third-order valence-electron chi connectivity index (χ3n) is 2.55. The maximum absolute atomic E-state index is 13.4. The number of hydrogen-bond donors (Lipinski definition) is 0. The zero-order chi connectivity index (χ0) is 14.0. The molecule has 2 nitrogen and oxygen atoms in total. The molecule has 0 unspecified atom stereocenters. The second-order valence-corrected chi connectivity index (χ2v) is 4.34. The van der Waals surface area contributed by atoms with Crippen molar-refractivity contribution < 1.29 is 18.3 Å². The van der Waals surface area contributed by atoms with Crippen LogP contribution in [0.2, 0.25) is 0 Å². The maximum Gasteiger partial charge on any atom is 0.346 e. The van der Waals surface area contributed by atoms with Crippen molar-refractivity contribution in [3.8, 4) is 5.75 Å². The predicted molar refractivity (Wildman–Crippen MR) is 67.2 cm³/mol. The summed E-state index contributed by atoms with van der Waals surface area (Å²) < 4.78 is 31.5. The van der Waals surface area contributed by atoms with Gasteiger partial charge in [0.05, 0.1) is 5.56 Å². The number of halogens is 2. The third-order valence-corrected chi connectivity index (χ3v) is 2.55. The molecule has 0 amide bonds. The van der Waals surface area contributed by atoms with E-state index in [1.54, 1.807) is 12.1 Å². The van der Waals surface area contributed by atoms with E-state index in [4.69, 9.17) is 4.74 Å². The Kier molecular flexibility index (Phi) is 3.60. The molecule has 0 aliphatic rings. The van der Waals surface area contributed by atoms with Crippen LogP contribution in [0.25, 0.3) is 0 Å². The van der Waals surface area contributed by atoms with Gasteiger partial charge in [0.2, 0.25) is 0 Å². The lowest BCUT2D eigenvalue weighted by molar-refractivity contribution is 0.0729. The highest BCUT2D eigenvalue weighted by atomic mass is 19.1. The lowest BCUT2D eigenvalue weighted by Crippen LogP contribution is -2.11. The molecule has 0 aliphatic carbocycles. The molecular weight excluding hydrogens is 250 g/mol. The average molecular weight is 262 g/mol. The Hall–Kier alpha value is -2.23. The Balaban J connectivity index is 2.28. The molecule has 0 N–H and O–H groups in total. The zero-order valence-electron chi connectivity index (χ0n) is 10.5. The molecule has 4 heteroatoms. The van der Waals surface area contributed by atoms with Gasteiger partial charge in [0.1, 0.15) is 17.4 Å². The number of carbonyl (C=O) groups excluding carboxylic acids is 1. The van der Waals surface area contributed by atoms with Crippen LogP contribution in [-0.2, 0) is 0 Å². The van der Waals surface area contributed by atoms with Crippen LogP contribution in [0.1, 0.15) is 21.5 Å². The van der Waals surface area contributed by atoms with Gasteiger partial charge in [-0.3, -0.25) is 0 Å². The molecule has 2 aromatic carbocycles. The molecule has 19 heavy (non-hydrogen) atoms. The molecule has 0 atom stereocenters. The summed E-state index contributed by atoms with van der Waals surface area (Å²) in [6.45, 7) is 3.71. The third kappa shape index (κ3) is 3.16. The number of carbonyl (C=O) groups is 1. The van der Waals surface area contributed by atoms with Gasteiger partial charge in [-0.2, -0.15) is 0 Å². The van der Waals surface area contributed by atoms with Crippen molar-refractivity contribution in [2.75, 3.05) is 0 Å². The van der Waals surface area contributed by atoms with Crippen LogP contribution in [-0.4, -0.2) is 5.97 Å². The molecule has 0 saturated heterocycles. The van der Waals surface area contributed by atoms with E-state index in [0.717, 1.165) is 29.3 Å². The first-order valence-electron chi connectivity index (χ1n) is 5.71. The molecule has 0 heterocycles. The number of rotatable bonds is 2. The minimum Gasteiger partial charge on any atom is -0.423 e. The predicted octanol–water partition coefficient (Wildman–Crippen LogP) is 3.80. The van der Waals surface area contributed by atoms with Crippen molar-refractivity contribution in [1.82, 2.24) is 0 Å². The Bertz CT molecular complexity index is 616. The highest BCUT2D eigenvalue weighted by molar-refractivity contribution is 5.91. The standard InChI is InChI=1S/C15H12F2O2/c1-9-5-10(2)7-12(6-9)19-15(18)13-8-11(16)3-4-14(13)17/h3-8H,1-2H3. The van der Waals surface area contributed by atoms with Crippen LogP contribution in [0.4, 0.5) is 8.78 Å². The number of esters is 1. The number of benzene rings is 2. The second kappa shape index (κ2) is 5.18. The van der Waals surface area contributed by atoms with Gasteiger partial charge < -0.3 is 4.74 Å². The highest BCUT2D eigenvalue weighted by Gasteiger charge is 2.15. The highest BCUT2D eigenvalue weighted by Crippen LogP contribution is 2.19. The molecule has 0 bridgehead atoms. The van der Waals surface area contributed by atoms with Crippen LogP contribution >= 0.6 is 0 Å². The smallest absolute Gasteiger partial charge is 0.346 e. The SMILES string of the molecule is Cc1cc(C)cc(OC(=O)c2cc(F)ccc2F)c1. The first-order chi connectivity index (χ1) is 8.95. The quantitative estimate of drug-likeness (QED) is 0.607. The molecule has 0 spiro atoms. The van der Waals surface area contributed by atoms with Gasteiger partial charge in [0, 0.05) is 0 Å². The summed E-state index contributed by atoms with van der Waals surface area (Å²) in [5.41, 5.74) is 1.42. The molecule has 0 aliphatic heterocycles. The van der Waals surface area contributed by atoms with Crippen molar-refractivity contribution in [2.24, 2.45) is 0 Å². The van der Waals surface area contributed by atoms with Crippen molar-refractivity contribution in [2.45, 2.75) is 13.8 Å². The lowest BCUT2D eigenvalue weighted by Gasteiger charge is -2.07. The molecule has 2 aromatic rings. The normalized spacial score (nSPS) is 10.3. The van der Waals surface area contributed by atoms with Crippen molar-refractivity contribution in [3.05, 3.63) is 64.7 Å². The fraction of sp³-hybridized carbons (Fsp3) is 0.133. The van der Waals surface area contributed by atoms with Crippen LogP contribution in [0.15, 0.2) is 36.4 Å². The van der Waals surface area contributed by atoms with E-state index in [0.29, 0.717) is 5.75 Å².